The van der Waals surface area contributed by atoms with E-state index in [1.807, 2.05) is 6.92 Å². The maximum Gasteiger partial charge on any atom is 0.315 e. The molecule has 3 N–H and O–H groups in total. The molecule has 0 radical (unpaired) electrons. The van der Waals surface area contributed by atoms with Gasteiger partial charge < -0.3 is 20.6 Å². The number of carboxylic acids is 1. The molecule has 0 bridgehead atoms. The van der Waals surface area contributed by atoms with E-state index in [1.165, 1.54) is 39.8 Å². The van der Waals surface area contributed by atoms with Gasteiger partial charge in [0.1, 0.15) is 21.8 Å². The van der Waals surface area contributed by atoms with Crippen LogP contribution in [-0.2, 0) is 16.1 Å². The van der Waals surface area contributed by atoms with Crippen molar-refractivity contribution in [1.82, 2.24) is 25.7 Å². The predicted octanol–water partition coefficient (Wildman–Crippen LogP) is 3.10. The molecule has 2 aromatic rings. The quantitative estimate of drug-likeness (QED) is 0.356. The van der Waals surface area contributed by atoms with E-state index in [1.54, 1.807) is 18.2 Å². The van der Waals surface area contributed by atoms with Gasteiger partial charge in [-0.05, 0) is 24.6 Å². The van der Waals surface area contributed by atoms with Gasteiger partial charge in [-0.15, -0.1) is 22.0 Å². The number of carbonyl (C=O) groups excluding carboxylic acids is 2. The Bertz CT molecular complexity index is 1100. The van der Waals surface area contributed by atoms with Crippen molar-refractivity contribution in [1.29, 1.82) is 0 Å². The number of benzene rings is 1. The second-order valence-corrected chi connectivity index (χ2v) is 12.0. The fourth-order valence-electron chi connectivity index (χ4n) is 3.48. The molecule has 0 spiro atoms. The zero-order valence-corrected chi connectivity index (χ0v) is 21.2. The fraction of sp³-hybridized carbons (Fsp3) is 0.421. The number of fused-ring (bicyclic) bond motifs is 1. The molecule has 0 aliphatic carbocycles. The van der Waals surface area contributed by atoms with Crippen molar-refractivity contribution >= 4 is 76.0 Å². The summed E-state index contributed by atoms with van der Waals surface area (Å²) >= 11 is 16.1. The topological polar surface area (TPSA) is 125 Å². The summed E-state index contributed by atoms with van der Waals surface area (Å²) in [5.74, 6) is -0.652. The normalized spacial score (nSPS) is 24.1. The number of hydrogen-bond donors (Lipinski definition) is 3. The number of urea groups is 1. The maximum absolute atomic E-state index is 12.7. The van der Waals surface area contributed by atoms with Gasteiger partial charge in [0.25, 0.3) is 0 Å². The lowest BCUT2D eigenvalue weighted by molar-refractivity contribution is -0.156. The van der Waals surface area contributed by atoms with Crippen LogP contribution in [0.15, 0.2) is 22.5 Å². The Morgan fingerprint density at radius 2 is 2.15 bits per heavy atom. The van der Waals surface area contributed by atoms with Crippen LogP contribution >= 0.6 is 58.1 Å². The van der Waals surface area contributed by atoms with Gasteiger partial charge in [-0.1, -0.05) is 52.4 Å². The number of nitrogens with one attached hydrogen (secondary N) is 2. The Morgan fingerprint density at radius 1 is 1.36 bits per heavy atom. The summed E-state index contributed by atoms with van der Waals surface area (Å²) < 4.78 is 0.701. The van der Waals surface area contributed by atoms with Gasteiger partial charge in [0.05, 0.1) is 0 Å². The Morgan fingerprint density at radius 3 is 2.82 bits per heavy atom. The van der Waals surface area contributed by atoms with E-state index >= 15 is 0 Å². The van der Waals surface area contributed by atoms with Gasteiger partial charge in [-0.3, -0.25) is 9.59 Å². The third kappa shape index (κ3) is 5.19. The number of halogens is 2. The molecular formula is C19H19Cl2N5O4S3. The minimum Gasteiger partial charge on any atom is -0.481 e. The van der Waals surface area contributed by atoms with Gasteiger partial charge in [-0.25, -0.2) is 4.79 Å². The molecule has 3 heterocycles. The second kappa shape index (κ2) is 9.87. The van der Waals surface area contributed by atoms with Crippen LogP contribution in [0.4, 0.5) is 4.79 Å². The van der Waals surface area contributed by atoms with Gasteiger partial charge in [-0.2, -0.15) is 0 Å². The fourth-order valence-corrected chi connectivity index (χ4v) is 7.63. The average molecular weight is 548 g/mol. The molecule has 2 fully saturated rings. The zero-order valence-electron chi connectivity index (χ0n) is 17.2. The summed E-state index contributed by atoms with van der Waals surface area (Å²) in [4.78, 5) is 38.7. The summed E-state index contributed by atoms with van der Waals surface area (Å²) in [7, 11) is 0. The minimum absolute atomic E-state index is 0.0871. The van der Waals surface area contributed by atoms with Crippen LogP contribution in [0.2, 0.25) is 10.0 Å². The number of aryl methyl sites for hydroxylation is 1. The molecule has 3 amide bonds. The van der Waals surface area contributed by atoms with Gasteiger partial charge in [0.2, 0.25) is 5.91 Å². The SMILES string of the molecule is Cc1nnc(SCC2(C(=O)O)CS[C@@H]3C(NC(=O)NCc4ccc(Cl)cc4Cl)C(=O)N3C2)s1. The van der Waals surface area contributed by atoms with Gasteiger partial charge in [0, 0.05) is 34.6 Å². The average Bonchev–Trinajstić information content (AvgIpc) is 3.20. The number of amides is 3. The summed E-state index contributed by atoms with van der Waals surface area (Å²) in [6.45, 7) is 2.10. The van der Waals surface area contributed by atoms with Crippen LogP contribution in [0.3, 0.4) is 0 Å². The number of carbonyl (C=O) groups is 3. The van der Waals surface area contributed by atoms with Crippen molar-refractivity contribution in [3.8, 4) is 0 Å². The number of thioether (sulfide) groups is 2. The molecule has 1 aromatic heterocycles. The lowest BCUT2D eigenvalue weighted by Gasteiger charge is -2.53. The Balaban J connectivity index is 1.32. The third-order valence-electron chi connectivity index (χ3n) is 5.32. The van der Waals surface area contributed by atoms with E-state index in [0.717, 1.165) is 5.01 Å². The standard InChI is InChI=1S/C19H19Cl2N5O4S3/c1-9-24-25-18(33-9)32-8-19(16(28)29)6-26-14(27)13(15(26)31-7-19)23-17(30)22-5-10-2-3-11(20)4-12(10)21/h2-4,13,15H,5-8H2,1H3,(H,28,29)(H2,22,23,30)/t13?,15-,19?/m1/s1. The monoisotopic (exact) mass is 547 g/mol. The number of nitrogens with zero attached hydrogens (tertiary/aromatic N) is 3. The molecule has 2 aliphatic rings. The smallest absolute Gasteiger partial charge is 0.315 e. The molecular weight excluding hydrogens is 529 g/mol. The Kier molecular flexibility index (Phi) is 7.29. The Hall–Kier alpha value is -1.73. The van der Waals surface area contributed by atoms with Crippen molar-refractivity contribution in [3.05, 3.63) is 38.8 Å². The van der Waals surface area contributed by atoms with E-state index in [0.29, 0.717) is 25.7 Å². The number of aliphatic carboxylic acids is 1. The van der Waals surface area contributed by atoms with Gasteiger partial charge >= 0.3 is 12.0 Å². The highest BCUT2D eigenvalue weighted by Crippen LogP contribution is 2.44. The zero-order chi connectivity index (χ0) is 23.8. The molecule has 9 nitrogen and oxygen atoms in total. The summed E-state index contributed by atoms with van der Waals surface area (Å²) in [6.07, 6.45) is 0. The summed E-state index contributed by atoms with van der Waals surface area (Å²) in [5, 5.41) is 24.7. The molecule has 4 rings (SSSR count). The first-order chi connectivity index (χ1) is 15.7. The van der Waals surface area contributed by atoms with Crippen molar-refractivity contribution in [2.45, 2.75) is 29.2 Å². The van der Waals surface area contributed by atoms with E-state index in [-0.39, 0.29) is 30.1 Å². The van der Waals surface area contributed by atoms with Crippen molar-refractivity contribution < 1.29 is 19.5 Å². The molecule has 3 atom stereocenters. The minimum atomic E-state index is -1.10. The van der Waals surface area contributed by atoms with Crippen LogP contribution < -0.4 is 10.6 Å². The van der Waals surface area contributed by atoms with Crippen molar-refractivity contribution in [2.75, 3.05) is 18.1 Å². The molecule has 2 saturated heterocycles. The van der Waals surface area contributed by atoms with Crippen LogP contribution in [0.25, 0.3) is 0 Å². The molecule has 2 unspecified atom stereocenters. The lowest BCUT2D eigenvalue weighted by atomic mass is 9.89. The molecule has 33 heavy (non-hydrogen) atoms. The van der Waals surface area contributed by atoms with Crippen LogP contribution in [0.1, 0.15) is 10.6 Å². The van der Waals surface area contributed by atoms with E-state index in [4.69, 9.17) is 23.2 Å². The van der Waals surface area contributed by atoms with E-state index in [9.17, 15) is 19.5 Å². The molecule has 2 aliphatic heterocycles. The van der Waals surface area contributed by atoms with Crippen LogP contribution in [-0.4, -0.2) is 67.6 Å². The molecule has 0 saturated carbocycles. The number of carboxylic acid groups (broad SMARTS) is 1. The lowest BCUT2D eigenvalue weighted by Crippen LogP contribution is -2.74. The highest BCUT2D eigenvalue weighted by Gasteiger charge is 2.57. The number of rotatable bonds is 7. The highest BCUT2D eigenvalue weighted by atomic mass is 35.5. The highest BCUT2D eigenvalue weighted by molar-refractivity contribution is 8.01. The van der Waals surface area contributed by atoms with E-state index < -0.39 is 23.5 Å². The molecule has 176 valence electrons. The van der Waals surface area contributed by atoms with Crippen LogP contribution in [0.5, 0.6) is 0 Å². The van der Waals surface area contributed by atoms with E-state index in [2.05, 4.69) is 20.8 Å². The molecule has 1 aromatic carbocycles. The Labute approximate surface area is 212 Å². The summed E-state index contributed by atoms with van der Waals surface area (Å²) in [5.41, 5.74) is -0.404. The maximum atomic E-state index is 12.7. The number of hydrogen-bond acceptors (Lipinski definition) is 8. The van der Waals surface area contributed by atoms with Crippen molar-refractivity contribution in [3.63, 3.8) is 0 Å². The van der Waals surface area contributed by atoms with Crippen molar-refractivity contribution in [2.24, 2.45) is 5.41 Å². The predicted molar refractivity (Wildman–Crippen MR) is 129 cm³/mol. The summed E-state index contributed by atoms with van der Waals surface area (Å²) in [6, 6.07) is 3.76. The molecule has 14 heteroatoms. The first-order valence-corrected chi connectivity index (χ1v) is 13.4. The largest absolute Gasteiger partial charge is 0.481 e. The second-order valence-electron chi connectivity index (χ2n) is 7.67. The first-order valence-electron chi connectivity index (χ1n) is 9.75. The number of aromatic nitrogens is 2. The van der Waals surface area contributed by atoms with Crippen LogP contribution in [0, 0.1) is 12.3 Å². The van der Waals surface area contributed by atoms with Gasteiger partial charge in [0.15, 0.2) is 4.34 Å². The first kappa shape index (κ1) is 24.4. The number of β-lactam (4-membered cyclic amide) rings is 1. The third-order valence-corrected chi connectivity index (χ3v) is 9.76.